The Morgan fingerprint density at radius 3 is 2.78 bits per heavy atom. The number of hydrogen-bond acceptors (Lipinski definition) is 1. The molecule has 2 aliphatic rings. The van der Waals surface area contributed by atoms with Crippen LogP contribution in [0.5, 0.6) is 0 Å². The van der Waals surface area contributed by atoms with Crippen LogP contribution in [0.2, 0.25) is 0 Å². The number of allylic oxidation sites excluding steroid dienone is 2. The van der Waals surface area contributed by atoms with E-state index >= 15 is 0 Å². The van der Waals surface area contributed by atoms with E-state index in [0.29, 0.717) is 18.4 Å². The number of unbranched alkanes of at least 4 members (excludes halogenated alkanes) is 2. The molecule has 1 fully saturated rings. The van der Waals surface area contributed by atoms with Gasteiger partial charge in [-0.3, -0.25) is 0 Å². The fourth-order valence-electron chi connectivity index (χ4n) is 3.27. The first-order chi connectivity index (χ1) is 8.79. The highest BCUT2D eigenvalue weighted by Crippen LogP contribution is 2.34. The summed E-state index contributed by atoms with van der Waals surface area (Å²) in [6.07, 6.45) is 12.5. The molecule has 0 N–H and O–H groups in total. The maximum Gasteiger partial charge on any atom is 0.0960 e. The van der Waals surface area contributed by atoms with Crippen LogP contribution in [0.4, 0.5) is 4.39 Å². The average Bonchev–Trinajstić information content (AvgIpc) is 2.41. The van der Waals surface area contributed by atoms with Gasteiger partial charge in [-0.15, -0.1) is 0 Å². The summed E-state index contributed by atoms with van der Waals surface area (Å²) in [6.45, 7) is 3.19. The van der Waals surface area contributed by atoms with Gasteiger partial charge in [-0.1, -0.05) is 32.3 Å². The summed E-state index contributed by atoms with van der Waals surface area (Å²) < 4.78 is 19.0. The lowest BCUT2D eigenvalue weighted by Crippen LogP contribution is -2.32. The number of halogens is 1. The maximum absolute atomic E-state index is 13.0. The van der Waals surface area contributed by atoms with Crippen LogP contribution in [0.25, 0.3) is 0 Å². The minimum absolute atomic E-state index is 0.0829. The molecule has 0 saturated carbocycles. The van der Waals surface area contributed by atoms with E-state index in [9.17, 15) is 4.39 Å². The fraction of sp³-hybridized carbons (Fsp3) is 0.875. The van der Waals surface area contributed by atoms with Crippen molar-refractivity contribution in [1.82, 2.24) is 0 Å². The molecule has 1 aliphatic carbocycles. The molecule has 0 aromatic carbocycles. The predicted octanol–water partition coefficient (Wildman–Crippen LogP) is 5.02. The number of ether oxygens (including phenoxy) is 1. The normalized spacial score (nSPS) is 33.2. The Labute approximate surface area is 111 Å². The summed E-state index contributed by atoms with van der Waals surface area (Å²) in [4.78, 5) is 0. The van der Waals surface area contributed by atoms with Crippen LogP contribution < -0.4 is 0 Å². The van der Waals surface area contributed by atoms with Crippen LogP contribution in [-0.4, -0.2) is 12.7 Å². The van der Waals surface area contributed by atoms with Gasteiger partial charge in [0.25, 0.3) is 0 Å². The minimum Gasteiger partial charge on any atom is -0.378 e. The van der Waals surface area contributed by atoms with Gasteiger partial charge in [0.2, 0.25) is 0 Å². The van der Waals surface area contributed by atoms with Gasteiger partial charge in [0, 0.05) is 6.61 Å². The van der Waals surface area contributed by atoms with Crippen molar-refractivity contribution in [3.63, 3.8) is 0 Å². The second kappa shape index (κ2) is 7.28. The molecule has 2 heteroatoms. The van der Waals surface area contributed by atoms with E-state index in [1.165, 1.54) is 38.5 Å². The molecule has 2 rings (SSSR count). The van der Waals surface area contributed by atoms with E-state index in [-0.39, 0.29) is 5.83 Å². The van der Waals surface area contributed by atoms with E-state index < -0.39 is 0 Å². The molecular weight excluding hydrogens is 227 g/mol. The van der Waals surface area contributed by atoms with Crippen LogP contribution in [0.1, 0.15) is 64.7 Å². The SMILES string of the molecule is CCCCCC1CCC(C2CC=C(F)CC2)OC1. The lowest BCUT2D eigenvalue weighted by Gasteiger charge is -2.35. The number of hydrogen-bond donors (Lipinski definition) is 0. The molecule has 0 radical (unpaired) electrons. The van der Waals surface area contributed by atoms with Gasteiger partial charge in [-0.2, -0.15) is 0 Å². The molecule has 0 amide bonds. The van der Waals surface area contributed by atoms with E-state index in [1.54, 1.807) is 6.08 Å². The topological polar surface area (TPSA) is 9.23 Å². The second-order valence-electron chi connectivity index (χ2n) is 6.00. The van der Waals surface area contributed by atoms with Crippen LogP contribution in [0.15, 0.2) is 11.9 Å². The minimum atomic E-state index is 0.0829. The van der Waals surface area contributed by atoms with Gasteiger partial charge in [-0.25, -0.2) is 4.39 Å². The molecule has 18 heavy (non-hydrogen) atoms. The Morgan fingerprint density at radius 1 is 1.28 bits per heavy atom. The van der Waals surface area contributed by atoms with Crippen LogP contribution in [0.3, 0.4) is 0 Å². The van der Waals surface area contributed by atoms with Crippen LogP contribution in [-0.2, 0) is 4.74 Å². The van der Waals surface area contributed by atoms with Crippen LogP contribution >= 0.6 is 0 Å². The van der Waals surface area contributed by atoms with Crippen molar-refractivity contribution in [2.75, 3.05) is 6.61 Å². The highest BCUT2D eigenvalue weighted by atomic mass is 19.1. The molecule has 0 aromatic rings. The third-order valence-corrected chi connectivity index (χ3v) is 4.54. The highest BCUT2D eigenvalue weighted by molar-refractivity contribution is 4.99. The first-order valence-electron chi connectivity index (χ1n) is 7.75. The molecule has 0 bridgehead atoms. The van der Waals surface area contributed by atoms with E-state index in [4.69, 9.17) is 4.74 Å². The van der Waals surface area contributed by atoms with Crippen molar-refractivity contribution in [2.24, 2.45) is 11.8 Å². The van der Waals surface area contributed by atoms with Gasteiger partial charge < -0.3 is 4.74 Å². The summed E-state index contributed by atoms with van der Waals surface area (Å²) >= 11 is 0. The van der Waals surface area contributed by atoms with E-state index in [1.807, 2.05) is 0 Å². The summed E-state index contributed by atoms with van der Waals surface area (Å²) in [5.74, 6) is 1.43. The van der Waals surface area contributed by atoms with E-state index in [2.05, 4.69) is 6.92 Å². The van der Waals surface area contributed by atoms with Gasteiger partial charge in [0.15, 0.2) is 0 Å². The summed E-state index contributed by atoms with van der Waals surface area (Å²) in [6, 6.07) is 0. The lowest BCUT2D eigenvalue weighted by atomic mass is 9.83. The molecule has 3 atom stereocenters. The average molecular weight is 254 g/mol. The third-order valence-electron chi connectivity index (χ3n) is 4.54. The summed E-state index contributed by atoms with van der Waals surface area (Å²) in [5, 5.41) is 0. The zero-order chi connectivity index (χ0) is 12.8. The molecule has 1 aliphatic heterocycles. The Balaban J connectivity index is 1.67. The quantitative estimate of drug-likeness (QED) is 0.626. The zero-order valence-corrected chi connectivity index (χ0v) is 11.7. The van der Waals surface area contributed by atoms with Gasteiger partial charge in [0.1, 0.15) is 0 Å². The molecule has 1 nitrogen and oxygen atoms in total. The predicted molar refractivity (Wildman–Crippen MR) is 73.1 cm³/mol. The Kier molecular flexibility index (Phi) is 5.68. The molecule has 1 heterocycles. The van der Waals surface area contributed by atoms with Crippen molar-refractivity contribution in [3.05, 3.63) is 11.9 Å². The fourth-order valence-corrected chi connectivity index (χ4v) is 3.27. The Bertz CT molecular complexity index is 266. The smallest absolute Gasteiger partial charge is 0.0960 e. The molecule has 3 unspecified atom stereocenters. The van der Waals surface area contributed by atoms with Crippen LogP contribution in [0, 0.1) is 11.8 Å². The lowest BCUT2D eigenvalue weighted by molar-refractivity contribution is -0.0517. The van der Waals surface area contributed by atoms with Crippen molar-refractivity contribution in [1.29, 1.82) is 0 Å². The summed E-state index contributed by atoms with van der Waals surface area (Å²) in [7, 11) is 0. The van der Waals surface area contributed by atoms with Crippen molar-refractivity contribution in [2.45, 2.75) is 70.8 Å². The molecule has 1 saturated heterocycles. The standard InChI is InChI=1S/C16H27FO/c1-2-3-4-5-13-6-11-16(18-12-13)14-7-9-15(17)10-8-14/h9,13-14,16H,2-8,10-12H2,1H3. The molecule has 0 aromatic heterocycles. The Hall–Kier alpha value is -0.370. The zero-order valence-electron chi connectivity index (χ0n) is 11.7. The molecule has 0 spiro atoms. The van der Waals surface area contributed by atoms with Crippen molar-refractivity contribution in [3.8, 4) is 0 Å². The largest absolute Gasteiger partial charge is 0.378 e. The van der Waals surface area contributed by atoms with Crippen molar-refractivity contribution < 1.29 is 9.13 Å². The monoisotopic (exact) mass is 254 g/mol. The molecule has 104 valence electrons. The second-order valence-corrected chi connectivity index (χ2v) is 6.00. The first-order valence-corrected chi connectivity index (χ1v) is 7.75. The highest BCUT2D eigenvalue weighted by Gasteiger charge is 2.29. The van der Waals surface area contributed by atoms with E-state index in [0.717, 1.165) is 25.4 Å². The Morgan fingerprint density at radius 2 is 2.17 bits per heavy atom. The van der Waals surface area contributed by atoms with Gasteiger partial charge >= 0.3 is 0 Å². The van der Waals surface area contributed by atoms with Gasteiger partial charge in [-0.05, 0) is 50.4 Å². The first kappa shape index (κ1) is 14.0. The van der Waals surface area contributed by atoms with Gasteiger partial charge in [0.05, 0.1) is 11.9 Å². The summed E-state index contributed by atoms with van der Waals surface area (Å²) in [5.41, 5.74) is 0. The maximum atomic E-state index is 13.0. The third kappa shape index (κ3) is 4.08. The van der Waals surface area contributed by atoms with Crippen molar-refractivity contribution >= 4 is 0 Å². The molecular formula is C16H27FO. The number of rotatable bonds is 5.